The van der Waals surface area contributed by atoms with Crippen LogP contribution in [0.5, 0.6) is 5.88 Å². The van der Waals surface area contributed by atoms with E-state index < -0.39 is 12.2 Å². The quantitative estimate of drug-likeness (QED) is 0.750. The molecule has 0 saturated carbocycles. The van der Waals surface area contributed by atoms with E-state index in [0.717, 1.165) is 4.47 Å². The molecule has 0 aliphatic rings. The molecule has 0 aliphatic heterocycles. The van der Waals surface area contributed by atoms with Crippen molar-refractivity contribution in [2.24, 2.45) is 0 Å². The molecular weight excluding hydrogens is 294 g/mol. The topological polar surface area (TPSA) is 58.9 Å². The van der Waals surface area contributed by atoms with Crippen molar-refractivity contribution in [2.45, 2.75) is 0 Å². The van der Waals surface area contributed by atoms with Gasteiger partial charge in [0.1, 0.15) is 0 Å². The van der Waals surface area contributed by atoms with E-state index in [-0.39, 0.29) is 29.5 Å². The molecule has 0 radical (unpaired) electrons. The Bertz CT molecular complexity index is 920. The van der Waals surface area contributed by atoms with Crippen LogP contribution >= 0.6 is 15.9 Å². The second-order valence-corrected chi connectivity index (χ2v) is 4.41. The highest BCUT2D eigenvalue weighted by molar-refractivity contribution is 9.10. The van der Waals surface area contributed by atoms with Crippen molar-refractivity contribution in [1.29, 1.82) is 0 Å². The maximum atomic E-state index is 10.0. The molecule has 5 heteroatoms. The first-order valence-corrected chi connectivity index (χ1v) is 5.79. The van der Waals surface area contributed by atoms with Crippen LogP contribution in [0.4, 0.5) is 0 Å². The molecule has 2 heterocycles. The van der Waals surface area contributed by atoms with Crippen molar-refractivity contribution in [2.75, 3.05) is 0 Å². The van der Waals surface area contributed by atoms with Gasteiger partial charge in [-0.1, -0.05) is 15.9 Å². The zero-order valence-electron chi connectivity index (χ0n) is 12.9. The second kappa shape index (κ2) is 4.34. The summed E-state index contributed by atoms with van der Waals surface area (Å²) >= 11 is 3.30. The zero-order valence-corrected chi connectivity index (χ0v) is 10.5. The van der Waals surface area contributed by atoms with E-state index in [1.54, 1.807) is 18.2 Å². The Morgan fingerprint density at radius 2 is 2.17 bits per heavy atom. The number of rotatable bonds is 1. The lowest BCUT2D eigenvalue weighted by molar-refractivity contribution is 0.460. The van der Waals surface area contributed by atoms with Gasteiger partial charge in [-0.05, 0) is 30.3 Å². The first kappa shape index (κ1) is 7.43. The minimum absolute atomic E-state index is 0.0703. The number of nitrogens with zero attached hydrogens (tertiary/aromatic N) is 3. The van der Waals surface area contributed by atoms with Crippen LogP contribution in [-0.4, -0.2) is 20.1 Å². The van der Waals surface area contributed by atoms with Gasteiger partial charge in [-0.15, -0.1) is 0 Å². The van der Waals surface area contributed by atoms with Crippen LogP contribution in [0.2, 0.25) is 0 Å². The molecular formula is C13H8BrN3O. The maximum absolute atomic E-state index is 10.0. The van der Waals surface area contributed by atoms with Gasteiger partial charge in [-0.25, -0.2) is 4.98 Å². The molecule has 88 valence electrons. The minimum Gasteiger partial charge on any atom is -0.493 e. The van der Waals surface area contributed by atoms with Gasteiger partial charge in [0, 0.05) is 22.4 Å². The molecule has 1 aromatic carbocycles. The number of fused-ring (bicyclic) bond motifs is 1. The monoisotopic (exact) mass is 305 g/mol. The van der Waals surface area contributed by atoms with Gasteiger partial charge in [0.15, 0.2) is 5.82 Å². The lowest BCUT2D eigenvalue weighted by atomic mass is 10.2. The normalized spacial score (nSPS) is 13.8. The van der Waals surface area contributed by atoms with Gasteiger partial charge in [0.2, 0.25) is 5.88 Å². The first-order chi connectivity index (χ1) is 10.4. The molecule has 0 aliphatic carbocycles. The van der Waals surface area contributed by atoms with E-state index in [2.05, 4.69) is 30.9 Å². The summed E-state index contributed by atoms with van der Waals surface area (Å²) in [5.74, 6) is -0.355. The minimum atomic E-state index is -0.452. The molecule has 4 nitrogen and oxygen atoms in total. The van der Waals surface area contributed by atoms with Crippen LogP contribution < -0.4 is 0 Å². The van der Waals surface area contributed by atoms with E-state index in [4.69, 9.17) is 5.48 Å². The van der Waals surface area contributed by atoms with E-state index >= 15 is 0 Å². The van der Waals surface area contributed by atoms with E-state index in [0.29, 0.717) is 10.9 Å². The number of hydrogen-bond donors (Lipinski definition) is 1. The van der Waals surface area contributed by atoms with Crippen molar-refractivity contribution in [1.82, 2.24) is 15.0 Å². The lowest BCUT2D eigenvalue weighted by Crippen LogP contribution is -1.91. The van der Waals surface area contributed by atoms with Crippen molar-refractivity contribution >= 4 is 26.8 Å². The maximum Gasteiger partial charge on any atom is 0.222 e. The summed E-state index contributed by atoms with van der Waals surface area (Å²) in [5, 5.41) is 10.4. The molecule has 0 unspecified atom stereocenters. The van der Waals surface area contributed by atoms with Gasteiger partial charge in [0.25, 0.3) is 0 Å². The fourth-order valence-electron chi connectivity index (χ4n) is 1.53. The summed E-state index contributed by atoms with van der Waals surface area (Å²) in [6.45, 7) is 0. The number of pyridine rings is 1. The summed E-state index contributed by atoms with van der Waals surface area (Å²) in [6.07, 6.45) is -0.828. The Kier molecular flexibility index (Phi) is 1.79. The van der Waals surface area contributed by atoms with Gasteiger partial charge < -0.3 is 5.11 Å². The average Bonchev–Trinajstić information content (AvgIpc) is 2.44. The van der Waals surface area contributed by atoms with Crippen molar-refractivity contribution < 1.29 is 10.6 Å². The molecule has 0 saturated heterocycles. The van der Waals surface area contributed by atoms with Crippen LogP contribution in [0.1, 0.15) is 5.48 Å². The van der Waals surface area contributed by atoms with Gasteiger partial charge in [-0.2, -0.15) is 4.98 Å². The number of benzene rings is 1. The summed E-state index contributed by atoms with van der Waals surface area (Å²) < 4.78 is 31.5. The van der Waals surface area contributed by atoms with Crippen LogP contribution in [0, 0.1) is 0 Å². The molecule has 3 rings (SSSR count). The number of aromatic nitrogens is 3. The lowest BCUT2D eigenvalue weighted by Gasteiger charge is -2.04. The predicted octanol–water partition coefficient (Wildman–Crippen LogP) is 3.16. The van der Waals surface area contributed by atoms with Gasteiger partial charge in [-0.3, -0.25) is 4.98 Å². The van der Waals surface area contributed by atoms with E-state index in [1.807, 2.05) is 0 Å². The highest BCUT2D eigenvalue weighted by atomic mass is 79.9. The van der Waals surface area contributed by atoms with Gasteiger partial charge >= 0.3 is 0 Å². The van der Waals surface area contributed by atoms with Crippen LogP contribution in [-0.2, 0) is 0 Å². The Labute approximate surface area is 117 Å². The Hall–Kier alpha value is -2.01. The molecule has 0 spiro atoms. The van der Waals surface area contributed by atoms with Crippen LogP contribution in [0.25, 0.3) is 22.3 Å². The van der Waals surface area contributed by atoms with Gasteiger partial charge in [0.05, 0.1) is 16.4 Å². The molecule has 0 fully saturated rings. The van der Waals surface area contributed by atoms with E-state index in [1.165, 1.54) is 0 Å². The van der Waals surface area contributed by atoms with Crippen molar-refractivity contribution in [3.05, 3.63) is 47.1 Å². The fraction of sp³-hybridized carbons (Fsp3) is 0. The SMILES string of the molecule is [2H]c1nc([2H])c(-c2nc(O)c3ccc(Br)cc3n2)c([2H])c1[2H]. The second-order valence-electron chi connectivity index (χ2n) is 3.49. The third-order valence-corrected chi connectivity index (χ3v) is 2.82. The third-order valence-electron chi connectivity index (χ3n) is 2.33. The standard InChI is InChI=1S/C13H8BrN3O/c14-9-3-4-10-11(6-9)16-12(17-13(10)18)8-2-1-5-15-7-8/h1-7H,(H,16,17,18)/i1D,2D,5D,7D. The molecule has 0 amide bonds. The molecule has 2 aromatic heterocycles. The molecule has 3 aromatic rings. The number of aromatic hydroxyl groups is 1. The van der Waals surface area contributed by atoms with Crippen LogP contribution in [0.3, 0.4) is 0 Å². The first-order valence-electron chi connectivity index (χ1n) is 6.99. The molecule has 1 N–H and O–H groups in total. The number of hydrogen-bond acceptors (Lipinski definition) is 4. The highest BCUT2D eigenvalue weighted by Gasteiger charge is 2.08. The molecule has 18 heavy (non-hydrogen) atoms. The smallest absolute Gasteiger partial charge is 0.222 e. The summed E-state index contributed by atoms with van der Waals surface area (Å²) in [4.78, 5) is 11.7. The number of halogens is 1. The molecule has 0 atom stereocenters. The summed E-state index contributed by atoms with van der Waals surface area (Å²) in [7, 11) is 0. The zero-order chi connectivity index (χ0) is 16.0. The fourth-order valence-corrected chi connectivity index (χ4v) is 1.88. The summed E-state index contributed by atoms with van der Waals surface area (Å²) in [6, 6.07) is 4.27. The van der Waals surface area contributed by atoms with Crippen molar-refractivity contribution in [3.63, 3.8) is 0 Å². The third kappa shape index (κ3) is 1.93. The molecule has 0 bridgehead atoms. The predicted molar refractivity (Wildman–Crippen MR) is 72.1 cm³/mol. The largest absolute Gasteiger partial charge is 0.493 e. The Balaban J connectivity index is 2.34. The van der Waals surface area contributed by atoms with E-state index in [9.17, 15) is 5.11 Å². The van der Waals surface area contributed by atoms with Crippen molar-refractivity contribution in [3.8, 4) is 17.3 Å². The Morgan fingerprint density at radius 1 is 1.28 bits per heavy atom. The summed E-state index contributed by atoms with van der Waals surface area (Å²) in [5.41, 5.74) is 0.343. The highest BCUT2D eigenvalue weighted by Crippen LogP contribution is 2.27. The Morgan fingerprint density at radius 3 is 3.06 bits per heavy atom. The average molecular weight is 306 g/mol. The van der Waals surface area contributed by atoms with Crippen LogP contribution in [0.15, 0.2) is 47.1 Å².